The third-order valence-corrected chi connectivity index (χ3v) is 6.30. The van der Waals surface area contributed by atoms with E-state index in [1.54, 1.807) is 0 Å². The smallest absolute Gasteiger partial charge is 0.136 e. The molecule has 3 atom stereocenters. The molecule has 0 unspecified atom stereocenters. The predicted molar refractivity (Wildman–Crippen MR) is 86.4 cm³/mol. The highest BCUT2D eigenvalue weighted by Gasteiger charge is 2.60. The number of allylic oxidation sites excluding steroid dienone is 2. The second-order valence-electron chi connectivity index (χ2n) is 7.19. The molecule has 2 bridgehead atoms. The molecular formula is C19H21NO3. The first-order valence-electron chi connectivity index (χ1n) is 8.35. The van der Waals surface area contributed by atoms with Crippen molar-refractivity contribution in [2.45, 2.75) is 37.0 Å². The van der Waals surface area contributed by atoms with Gasteiger partial charge in [-0.15, -0.1) is 0 Å². The zero-order valence-electron chi connectivity index (χ0n) is 13.2. The average Bonchev–Trinajstić information content (AvgIpc) is 2.92. The number of nitrogens with zero attached hydrogens (tertiary/aromatic N) is 1. The lowest BCUT2D eigenvalue weighted by molar-refractivity contribution is 0.104. The van der Waals surface area contributed by atoms with Crippen LogP contribution in [-0.2, 0) is 18.4 Å². The van der Waals surface area contributed by atoms with Crippen LogP contribution in [-0.4, -0.2) is 47.5 Å². The summed E-state index contributed by atoms with van der Waals surface area (Å²) in [7, 11) is 2.20. The Morgan fingerprint density at radius 1 is 1.26 bits per heavy atom. The van der Waals surface area contributed by atoms with Gasteiger partial charge in [0.25, 0.3) is 0 Å². The summed E-state index contributed by atoms with van der Waals surface area (Å²) >= 11 is 0. The van der Waals surface area contributed by atoms with Gasteiger partial charge in [-0.2, -0.15) is 0 Å². The molecule has 1 aromatic carbocycles. The number of aliphatic hydroxyl groups excluding tert-OH is 2. The minimum Gasteiger partial charge on any atom is -0.484 e. The summed E-state index contributed by atoms with van der Waals surface area (Å²) in [5, 5.41) is 19.6. The first-order valence-corrected chi connectivity index (χ1v) is 8.35. The predicted octanol–water partition coefficient (Wildman–Crippen LogP) is 1.30. The summed E-state index contributed by atoms with van der Waals surface area (Å²) in [6, 6.07) is 4.57. The van der Waals surface area contributed by atoms with Crippen LogP contribution >= 0.6 is 0 Å². The second kappa shape index (κ2) is 4.47. The Morgan fingerprint density at radius 3 is 2.91 bits per heavy atom. The van der Waals surface area contributed by atoms with Crippen LogP contribution in [0.5, 0.6) is 5.75 Å². The molecule has 0 radical (unpaired) electrons. The van der Waals surface area contributed by atoms with Gasteiger partial charge in [-0.1, -0.05) is 24.3 Å². The van der Waals surface area contributed by atoms with Crippen molar-refractivity contribution in [3.63, 3.8) is 0 Å². The molecule has 23 heavy (non-hydrogen) atoms. The van der Waals surface area contributed by atoms with Gasteiger partial charge in [0.2, 0.25) is 0 Å². The maximum atomic E-state index is 9.83. The summed E-state index contributed by atoms with van der Waals surface area (Å²) in [6.07, 6.45) is 6.14. The number of aliphatic hydroxyl groups is 2. The molecule has 2 aliphatic carbocycles. The van der Waals surface area contributed by atoms with Crippen LogP contribution in [0.3, 0.4) is 0 Å². The van der Waals surface area contributed by atoms with Crippen LogP contribution in [0.2, 0.25) is 0 Å². The molecule has 120 valence electrons. The highest BCUT2D eigenvalue weighted by molar-refractivity contribution is 5.66. The van der Waals surface area contributed by atoms with Crippen molar-refractivity contribution in [2.75, 3.05) is 20.2 Å². The molecule has 5 rings (SSSR count). The fourth-order valence-corrected chi connectivity index (χ4v) is 5.22. The van der Waals surface area contributed by atoms with Crippen LogP contribution in [0.15, 0.2) is 35.4 Å². The molecule has 2 N–H and O–H groups in total. The van der Waals surface area contributed by atoms with Crippen molar-refractivity contribution in [3.8, 4) is 5.75 Å². The van der Waals surface area contributed by atoms with Gasteiger partial charge in [0.05, 0.1) is 18.6 Å². The number of piperidine rings is 1. The van der Waals surface area contributed by atoms with E-state index in [2.05, 4.69) is 24.1 Å². The van der Waals surface area contributed by atoms with Crippen LogP contribution in [0.25, 0.3) is 0 Å². The molecule has 0 amide bonds. The SMILES string of the molecule is CN1CC[C@@]23C4=CC=C(CO)[C@H]2Oc2c(CO)ccc(c23)C[C@@H]41. The Hall–Kier alpha value is -1.62. The van der Waals surface area contributed by atoms with E-state index < -0.39 is 0 Å². The molecule has 0 aromatic heterocycles. The summed E-state index contributed by atoms with van der Waals surface area (Å²) in [5.74, 6) is 0.866. The molecule has 2 heterocycles. The molecule has 4 heteroatoms. The fraction of sp³-hybridized carbons (Fsp3) is 0.474. The fourth-order valence-electron chi connectivity index (χ4n) is 5.22. The quantitative estimate of drug-likeness (QED) is 0.864. The Labute approximate surface area is 135 Å². The topological polar surface area (TPSA) is 52.9 Å². The summed E-state index contributed by atoms with van der Waals surface area (Å²) in [6.45, 7) is 1.04. The molecule has 2 aliphatic heterocycles. The highest BCUT2D eigenvalue weighted by Crippen LogP contribution is 2.61. The lowest BCUT2D eigenvalue weighted by Gasteiger charge is -2.53. The first-order chi connectivity index (χ1) is 11.2. The lowest BCUT2D eigenvalue weighted by atomic mass is 9.56. The number of benzene rings is 1. The minimum atomic E-state index is -0.141. The summed E-state index contributed by atoms with van der Waals surface area (Å²) < 4.78 is 6.39. The minimum absolute atomic E-state index is 0.00797. The van der Waals surface area contributed by atoms with Crippen molar-refractivity contribution < 1.29 is 14.9 Å². The number of ether oxygens (including phenoxy) is 1. The van der Waals surface area contributed by atoms with Gasteiger partial charge in [0, 0.05) is 17.2 Å². The maximum Gasteiger partial charge on any atom is 0.136 e. The Morgan fingerprint density at radius 2 is 2.13 bits per heavy atom. The number of hydrogen-bond acceptors (Lipinski definition) is 4. The van der Waals surface area contributed by atoms with E-state index in [1.165, 1.54) is 16.7 Å². The third-order valence-electron chi connectivity index (χ3n) is 6.30. The van der Waals surface area contributed by atoms with E-state index in [4.69, 9.17) is 4.74 Å². The average molecular weight is 311 g/mol. The van der Waals surface area contributed by atoms with Crippen molar-refractivity contribution in [2.24, 2.45) is 0 Å². The van der Waals surface area contributed by atoms with Crippen LogP contribution in [0.4, 0.5) is 0 Å². The van der Waals surface area contributed by atoms with Gasteiger partial charge in [-0.3, -0.25) is 4.90 Å². The third kappa shape index (κ3) is 1.47. The number of rotatable bonds is 2. The van der Waals surface area contributed by atoms with Crippen molar-refractivity contribution in [3.05, 3.63) is 52.1 Å². The van der Waals surface area contributed by atoms with E-state index in [0.29, 0.717) is 6.04 Å². The van der Waals surface area contributed by atoms with Crippen LogP contribution in [0.1, 0.15) is 23.1 Å². The van der Waals surface area contributed by atoms with Crippen molar-refractivity contribution >= 4 is 0 Å². The standard InChI is InChI=1S/C19H21NO3/c1-20-7-6-19-14-5-4-13(10-22)18(19)23-17-12(9-21)3-2-11(16(17)19)8-15(14)20/h2-5,15,18,21-22H,6-10H2,1H3/t15-,18+,19-/m0/s1. The van der Waals surface area contributed by atoms with Crippen molar-refractivity contribution in [1.82, 2.24) is 4.90 Å². The molecule has 1 fully saturated rings. The van der Waals surface area contributed by atoms with Gasteiger partial charge < -0.3 is 14.9 Å². The molecule has 1 saturated heterocycles. The van der Waals surface area contributed by atoms with Gasteiger partial charge in [-0.25, -0.2) is 0 Å². The largest absolute Gasteiger partial charge is 0.484 e. The Kier molecular flexibility index (Phi) is 2.68. The van der Waals surface area contributed by atoms with Gasteiger partial charge >= 0.3 is 0 Å². The molecule has 4 nitrogen and oxygen atoms in total. The zero-order chi connectivity index (χ0) is 15.8. The van der Waals surface area contributed by atoms with E-state index in [9.17, 15) is 10.2 Å². The Balaban J connectivity index is 1.84. The maximum absolute atomic E-state index is 9.83. The van der Waals surface area contributed by atoms with E-state index >= 15 is 0 Å². The molecule has 1 spiro atoms. The lowest BCUT2D eigenvalue weighted by Crippen LogP contribution is -2.58. The monoisotopic (exact) mass is 311 g/mol. The van der Waals surface area contributed by atoms with E-state index in [-0.39, 0.29) is 24.7 Å². The number of likely N-dealkylation sites (N-methyl/N-ethyl adjacent to an activating group) is 1. The molecule has 1 aromatic rings. The normalized spacial score (nSPS) is 33.7. The summed E-state index contributed by atoms with van der Waals surface area (Å²) in [5.41, 5.74) is 5.72. The van der Waals surface area contributed by atoms with E-state index in [1.807, 2.05) is 12.1 Å². The van der Waals surface area contributed by atoms with Crippen LogP contribution < -0.4 is 4.74 Å². The van der Waals surface area contributed by atoms with Gasteiger partial charge in [0.15, 0.2) is 0 Å². The summed E-state index contributed by atoms with van der Waals surface area (Å²) in [4.78, 5) is 2.44. The zero-order valence-corrected chi connectivity index (χ0v) is 13.2. The van der Waals surface area contributed by atoms with Crippen LogP contribution in [0, 0.1) is 0 Å². The number of hydrogen-bond donors (Lipinski definition) is 2. The van der Waals surface area contributed by atoms with Gasteiger partial charge in [-0.05, 0) is 43.1 Å². The molecule has 4 aliphatic rings. The van der Waals surface area contributed by atoms with Gasteiger partial charge in [0.1, 0.15) is 11.9 Å². The second-order valence-corrected chi connectivity index (χ2v) is 7.19. The molecular weight excluding hydrogens is 290 g/mol. The first kappa shape index (κ1) is 13.8. The highest BCUT2D eigenvalue weighted by atomic mass is 16.5. The Bertz CT molecular complexity index is 766. The number of likely N-dealkylation sites (tertiary alicyclic amines) is 1. The molecule has 0 saturated carbocycles. The van der Waals surface area contributed by atoms with E-state index in [0.717, 1.165) is 36.3 Å². The van der Waals surface area contributed by atoms with Crippen molar-refractivity contribution in [1.29, 1.82) is 0 Å².